The van der Waals surface area contributed by atoms with Gasteiger partial charge in [0.1, 0.15) is 17.3 Å². The van der Waals surface area contributed by atoms with Crippen molar-refractivity contribution in [1.82, 2.24) is 0 Å². The van der Waals surface area contributed by atoms with Gasteiger partial charge in [-0.25, -0.2) is 0 Å². The summed E-state index contributed by atoms with van der Waals surface area (Å²) in [7, 11) is 3.01. The average Bonchev–Trinajstić information content (AvgIpc) is 2.97. The molecule has 0 saturated heterocycles. The molecule has 118 valence electrons. The smallest absolute Gasteiger partial charge is 0.291 e. The van der Waals surface area contributed by atoms with Crippen LogP contribution in [0.25, 0.3) is 0 Å². The number of hydrogen-bond donors (Lipinski definition) is 1. The number of amides is 1. The molecule has 0 spiro atoms. The van der Waals surface area contributed by atoms with Crippen molar-refractivity contribution in [2.75, 3.05) is 25.8 Å². The van der Waals surface area contributed by atoms with Crippen molar-refractivity contribution in [2.24, 2.45) is 0 Å². The predicted octanol–water partition coefficient (Wildman–Crippen LogP) is 4.07. The van der Waals surface area contributed by atoms with Crippen LogP contribution in [0.4, 0.5) is 5.69 Å². The lowest BCUT2D eigenvalue weighted by molar-refractivity contribution is 0.0995. The number of benzene rings is 1. The number of carbonyl (C=O) groups is 1. The zero-order valence-electron chi connectivity index (χ0n) is 12.4. The van der Waals surface area contributed by atoms with Gasteiger partial charge in [-0.3, -0.25) is 4.79 Å². The first kappa shape index (κ1) is 16.6. The van der Waals surface area contributed by atoms with Gasteiger partial charge in [-0.2, -0.15) is 11.8 Å². The Morgan fingerprint density at radius 3 is 2.64 bits per heavy atom. The maximum absolute atomic E-state index is 12.2. The molecule has 0 saturated carbocycles. The minimum Gasteiger partial charge on any atom is -0.495 e. The first-order valence-electron chi connectivity index (χ1n) is 6.39. The molecule has 1 aromatic heterocycles. The molecule has 0 aliphatic rings. The van der Waals surface area contributed by atoms with Crippen molar-refractivity contribution >= 4 is 35.0 Å². The Balaban J connectivity index is 2.21. The summed E-state index contributed by atoms with van der Waals surface area (Å²) in [4.78, 5) is 12.2. The summed E-state index contributed by atoms with van der Waals surface area (Å²) in [6, 6.07) is 6.60. The van der Waals surface area contributed by atoms with E-state index in [0.717, 1.165) is 5.76 Å². The SMILES string of the molecule is COc1cc(OC)c(NC(=O)c2ccc(CSC)o2)cc1Cl. The van der Waals surface area contributed by atoms with Crippen molar-refractivity contribution in [3.05, 3.63) is 40.8 Å². The van der Waals surface area contributed by atoms with E-state index in [-0.39, 0.29) is 11.7 Å². The van der Waals surface area contributed by atoms with Crippen LogP contribution in [0.5, 0.6) is 11.5 Å². The number of rotatable bonds is 6. The molecule has 0 unspecified atom stereocenters. The van der Waals surface area contributed by atoms with Crippen LogP contribution in [0.3, 0.4) is 0 Å². The normalized spacial score (nSPS) is 10.4. The summed E-state index contributed by atoms with van der Waals surface area (Å²) in [5, 5.41) is 3.10. The van der Waals surface area contributed by atoms with Crippen LogP contribution in [-0.2, 0) is 5.75 Å². The third kappa shape index (κ3) is 3.69. The largest absolute Gasteiger partial charge is 0.495 e. The first-order chi connectivity index (χ1) is 10.6. The predicted molar refractivity (Wildman–Crippen MR) is 88.4 cm³/mol. The van der Waals surface area contributed by atoms with Crippen LogP contribution < -0.4 is 14.8 Å². The van der Waals surface area contributed by atoms with E-state index in [1.54, 1.807) is 36.0 Å². The number of furan rings is 1. The topological polar surface area (TPSA) is 60.7 Å². The zero-order chi connectivity index (χ0) is 16.1. The van der Waals surface area contributed by atoms with Crippen molar-refractivity contribution in [3.63, 3.8) is 0 Å². The molecule has 0 radical (unpaired) electrons. The van der Waals surface area contributed by atoms with Crippen LogP contribution in [0.15, 0.2) is 28.7 Å². The highest BCUT2D eigenvalue weighted by molar-refractivity contribution is 7.97. The van der Waals surface area contributed by atoms with Crippen LogP contribution in [0.2, 0.25) is 5.02 Å². The second-order valence-corrected chi connectivity index (χ2v) is 5.61. The summed E-state index contributed by atoms with van der Waals surface area (Å²) in [6.45, 7) is 0. The fourth-order valence-electron chi connectivity index (χ4n) is 1.86. The number of anilines is 1. The van der Waals surface area contributed by atoms with Gasteiger partial charge >= 0.3 is 0 Å². The summed E-state index contributed by atoms with van der Waals surface area (Å²) in [5.41, 5.74) is 0.445. The summed E-state index contributed by atoms with van der Waals surface area (Å²) in [5.74, 6) is 2.25. The lowest BCUT2D eigenvalue weighted by atomic mass is 10.2. The van der Waals surface area contributed by atoms with Crippen molar-refractivity contribution in [3.8, 4) is 11.5 Å². The Hall–Kier alpha value is -1.79. The Bertz CT molecular complexity index is 672. The summed E-state index contributed by atoms with van der Waals surface area (Å²) >= 11 is 7.69. The second kappa shape index (κ2) is 7.47. The van der Waals surface area contributed by atoms with Crippen molar-refractivity contribution in [1.29, 1.82) is 0 Å². The quantitative estimate of drug-likeness (QED) is 0.858. The number of nitrogens with one attached hydrogen (secondary N) is 1. The molecule has 0 atom stereocenters. The average molecular weight is 342 g/mol. The molecule has 22 heavy (non-hydrogen) atoms. The highest BCUT2D eigenvalue weighted by Crippen LogP contribution is 2.36. The van der Waals surface area contributed by atoms with Crippen LogP contribution in [0, 0.1) is 0 Å². The van der Waals surface area contributed by atoms with Gasteiger partial charge in [-0.05, 0) is 24.5 Å². The van der Waals surface area contributed by atoms with Crippen molar-refractivity contribution < 1.29 is 18.7 Å². The minimum atomic E-state index is -0.369. The molecular weight excluding hydrogens is 326 g/mol. The number of halogens is 1. The molecular formula is C15H16ClNO4S. The van der Waals surface area contributed by atoms with E-state index >= 15 is 0 Å². The molecule has 0 bridgehead atoms. The van der Waals surface area contributed by atoms with Gasteiger partial charge in [-0.15, -0.1) is 0 Å². The minimum absolute atomic E-state index is 0.234. The molecule has 7 heteroatoms. The maximum Gasteiger partial charge on any atom is 0.291 e. The molecule has 1 N–H and O–H groups in total. The Labute approximate surface area is 137 Å². The molecule has 0 aliphatic carbocycles. The van der Waals surface area contributed by atoms with Gasteiger partial charge in [0.25, 0.3) is 5.91 Å². The molecule has 0 aliphatic heterocycles. The van der Waals surface area contributed by atoms with Crippen LogP contribution in [-0.4, -0.2) is 26.4 Å². The monoisotopic (exact) mass is 341 g/mol. The highest BCUT2D eigenvalue weighted by Gasteiger charge is 2.16. The van der Waals surface area contributed by atoms with E-state index in [2.05, 4.69) is 5.32 Å². The summed E-state index contributed by atoms with van der Waals surface area (Å²) < 4.78 is 15.8. The lowest BCUT2D eigenvalue weighted by Crippen LogP contribution is -2.12. The highest BCUT2D eigenvalue weighted by atomic mass is 35.5. The molecule has 2 aromatic rings. The molecule has 5 nitrogen and oxygen atoms in total. The third-order valence-corrected chi connectivity index (χ3v) is 3.76. The maximum atomic E-state index is 12.2. The van der Waals surface area contributed by atoms with Gasteiger partial charge in [0.05, 0.1) is 30.7 Å². The van der Waals surface area contributed by atoms with E-state index in [0.29, 0.717) is 28.0 Å². The van der Waals surface area contributed by atoms with Gasteiger partial charge in [0.2, 0.25) is 0 Å². The van der Waals surface area contributed by atoms with E-state index in [1.807, 2.05) is 6.26 Å². The van der Waals surface area contributed by atoms with E-state index < -0.39 is 0 Å². The Kier molecular flexibility index (Phi) is 5.63. The van der Waals surface area contributed by atoms with Crippen molar-refractivity contribution in [2.45, 2.75) is 5.75 Å². The standard InChI is InChI=1S/C15H16ClNO4S/c1-19-13-7-14(20-2)11(6-10(13)16)17-15(18)12-5-4-9(21-12)8-22-3/h4-7H,8H2,1-3H3,(H,17,18). The number of thioether (sulfide) groups is 1. The van der Waals surface area contributed by atoms with Crippen LogP contribution >= 0.6 is 23.4 Å². The molecule has 1 amide bonds. The Morgan fingerprint density at radius 1 is 1.27 bits per heavy atom. The van der Waals surface area contributed by atoms with Gasteiger partial charge in [0.15, 0.2) is 5.76 Å². The summed E-state index contributed by atoms with van der Waals surface area (Å²) in [6.07, 6.45) is 1.96. The number of carbonyl (C=O) groups excluding carboxylic acids is 1. The molecule has 1 aromatic carbocycles. The van der Waals surface area contributed by atoms with Crippen LogP contribution in [0.1, 0.15) is 16.3 Å². The van der Waals surface area contributed by atoms with Gasteiger partial charge < -0.3 is 19.2 Å². The van der Waals surface area contributed by atoms with E-state index in [9.17, 15) is 4.79 Å². The molecule has 0 fully saturated rings. The fraction of sp³-hybridized carbons (Fsp3) is 0.267. The first-order valence-corrected chi connectivity index (χ1v) is 8.16. The third-order valence-electron chi connectivity index (χ3n) is 2.89. The van der Waals surface area contributed by atoms with E-state index in [1.165, 1.54) is 14.2 Å². The second-order valence-electron chi connectivity index (χ2n) is 4.34. The molecule has 2 rings (SSSR count). The van der Waals surface area contributed by atoms with Gasteiger partial charge in [0, 0.05) is 6.07 Å². The Morgan fingerprint density at radius 2 is 2.00 bits per heavy atom. The number of methoxy groups -OCH3 is 2. The van der Waals surface area contributed by atoms with E-state index in [4.69, 9.17) is 25.5 Å². The molecule has 1 heterocycles. The number of ether oxygens (including phenoxy) is 2. The number of hydrogen-bond acceptors (Lipinski definition) is 5. The fourth-order valence-corrected chi connectivity index (χ4v) is 2.54. The zero-order valence-corrected chi connectivity index (χ0v) is 14.0. The van der Waals surface area contributed by atoms with Gasteiger partial charge in [-0.1, -0.05) is 11.6 Å². The lowest BCUT2D eigenvalue weighted by Gasteiger charge is -2.12.